The number of anilines is 6. The fourth-order valence-electron chi connectivity index (χ4n) is 7.67. The topological polar surface area (TPSA) is 309 Å². The summed E-state index contributed by atoms with van der Waals surface area (Å²) in [5.74, 6) is -3.48. The standard InChI is InChI=1S/C48H61N17O9/c1-28(66)52-39-27-65(9)42(58-39)48(74)57-33-21-38(64(8)26-33)47(73)54-30-18-34(60(4)23-30)43(69)50-13-10-11-41(68)53-29-17-36(62(6)22-29)45(71)56-32-20-37(63(7)25-32)46(72)55-31-19-35(61(5)24-31)44(70)51-14-12-40(67)49-15-16-59(2)3/h17-27H,10-16H2,1-9H3,(H,49,67)(H,50,69)(H,51,70)(H,52,66)(H,53,68)(H,54,73)(H,55,72)(H,56,71)(H,57,74)/p+1. The maximum atomic E-state index is 13.4. The molecule has 0 aromatic carbocycles. The molecular formula is C48H62N17O9+. The van der Waals surface area contributed by atoms with Gasteiger partial charge in [0.1, 0.15) is 28.5 Å². The van der Waals surface area contributed by atoms with Crippen LogP contribution in [0.1, 0.15) is 89.2 Å². The first-order valence-electron chi connectivity index (χ1n) is 23.3. The molecule has 0 spiro atoms. The third-order valence-electron chi connectivity index (χ3n) is 11.3. The highest BCUT2D eigenvalue weighted by atomic mass is 16.2. The van der Waals surface area contributed by atoms with Gasteiger partial charge in [0, 0.05) is 112 Å². The second kappa shape index (κ2) is 23.8. The van der Waals surface area contributed by atoms with Crippen LogP contribution in [0.15, 0.2) is 67.5 Å². The van der Waals surface area contributed by atoms with Crippen LogP contribution in [0.3, 0.4) is 0 Å². The Kier molecular flexibility index (Phi) is 17.4. The van der Waals surface area contributed by atoms with Gasteiger partial charge in [0.25, 0.3) is 35.4 Å². The Morgan fingerprint density at radius 3 is 1.24 bits per heavy atom. The number of nitrogens with zero attached hydrogens (tertiary/aromatic N) is 7. The zero-order valence-electron chi connectivity index (χ0n) is 42.6. The van der Waals surface area contributed by atoms with Crippen molar-refractivity contribution in [3.63, 3.8) is 0 Å². The summed E-state index contributed by atoms with van der Waals surface area (Å²) in [6.45, 7) is 2.95. The molecule has 0 aliphatic heterocycles. The average Bonchev–Trinajstić information content (AvgIpc) is 4.18. The molecule has 74 heavy (non-hydrogen) atoms. The number of hydrogen-bond donors (Lipinski definition) is 10. The van der Waals surface area contributed by atoms with Crippen LogP contribution in [0.25, 0.3) is 0 Å². The molecule has 0 unspecified atom stereocenters. The van der Waals surface area contributed by atoms with E-state index in [1.54, 1.807) is 82.4 Å². The van der Waals surface area contributed by atoms with E-state index in [1.807, 2.05) is 14.1 Å². The molecule has 0 atom stereocenters. The molecule has 0 bridgehead atoms. The Labute approximate surface area is 425 Å². The number of amides is 9. The van der Waals surface area contributed by atoms with Crippen LogP contribution in [0.5, 0.6) is 0 Å². The minimum atomic E-state index is -0.556. The van der Waals surface area contributed by atoms with Gasteiger partial charge in [0.05, 0.1) is 55.6 Å². The first-order chi connectivity index (χ1) is 35.0. The molecule has 392 valence electrons. The van der Waals surface area contributed by atoms with Gasteiger partial charge in [-0.05, 0) is 36.8 Å². The van der Waals surface area contributed by atoms with Gasteiger partial charge >= 0.3 is 0 Å². The molecule has 0 radical (unpaired) electrons. The fraction of sp³-hybridized carbons (Fsp3) is 0.333. The second-order valence-electron chi connectivity index (χ2n) is 17.9. The van der Waals surface area contributed by atoms with Crippen molar-refractivity contribution >= 4 is 87.4 Å². The lowest BCUT2D eigenvalue weighted by Gasteiger charge is -2.09. The molecule has 0 fully saturated rings. The molecule has 26 nitrogen and oxygen atoms in total. The minimum absolute atomic E-state index is 0.0410. The quantitative estimate of drug-likeness (QED) is 0.0423. The predicted octanol–water partition coefficient (Wildman–Crippen LogP) is 0.610. The summed E-state index contributed by atoms with van der Waals surface area (Å²) in [6, 6.07) is 7.51. The van der Waals surface area contributed by atoms with E-state index in [1.165, 1.54) is 66.6 Å². The van der Waals surface area contributed by atoms with Gasteiger partial charge in [-0.1, -0.05) is 0 Å². The van der Waals surface area contributed by atoms with Crippen LogP contribution in [-0.4, -0.2) is 126 Å². The summed E-state index contributed by atoms with van der Waals surface area (Å²) >= 11 is 0. The van der Waals surface area contributed by atoms with Crippen molar-refractivity contribution in [2.24, 2.45) is 42.3 Å². The van der Waals surface area contributed by atoms with Crippen molar-refractivity contribution in [1.82, 2.24) is 48.3 Å². The lowest BCUT2D eigenvalue weighted by molar-refractivity contribution is -0.856. The molecule has 0 aliphatic carbocycles. The van der Waals surface area contributed by atoms with E-state index in [0.717, 1.165) is 6.54 Å². The van der Waals surface area contributed by atoms with E-state index in [9.17, 15) is 43.2 Å². The van der Waals surface area contributed by atoms with E-state index < -0.39 is 35.4 Å². The summed E-state index contributed by atoms with van der Waals surface area (Å²) in [7, 11) is 13.8. The summed E-state index contributed by atoms with van der Waals surface area (Å²) in [6.07, 6.45) is 9.82. The molecule has 6 heterocycles. The Bertz CT molecular complexity index is 3120. The van der Waals surface area contributed by atoms with Crippen molar-refractivity contribution < 1.29 is 48.1 Å². The van der Waals surface area contributed by atoms with Crippen molar-refractivity contribution in [3.8, 4) is 0 Å². The number of rotatable bonds is 22. The molecule has 0 aliphatic rings. The molecular weight excluding hydrogens is 959 g/mol. The lowest BCUT2D eigenvalue weighted by Crippen LogP contribution is -3.06. The van der Waals surface area contributed by atoms with Crippen LogP contribution in [-0.2, 0) is 56.7 Å². The predicted molar refractivity (Wildman–Crippen MR) is 274 cm³/mol. The highest BCUT2D eigenvalue weighted by Gasteiger charge is 2.22. The summed E-state index contributed by atoms with van der Waals surface area (Å²) in [5, 5.41) is 24.6. The van der Waals surface area contributed by atoms with Crippen LogP contribution in [0.4, 0.5) is 34.3 Å². The van der Waals surface area contributed by atoms with Crippen molar-refractivity contribution in [2.75, 3.05) is 72.2 Å². The second-order valence-corrected chi connectivity index (χ2v) is 17.9. The third-order valence-corrected chi connectivity index (χ3v) is 11.3. The first kappa shape index (κ1) is 54.1. The highest BCUT2D eigenvalue weighted by molar-refractivity contribution is 6.09. The molecule has 10 N–H and O–H groups in total. The third kappa shape index (κ3) is 14.2. The number of carbonyl (C=O) groups is 9. The number of hydrogen-bond acceptors (Lipinski definition) is 10. The number of nitrogens with one attached hydrogen (secondary N) is 10. The van der Waals surface area contributed by atoms with Gasteiger partial charge in [0.15, 0.2) is 5.82 Å². The Morgan fingerprint density at radius 1 is 0.432 bits per heavy atom. The Hall–Kier alpha value is -9.20. The van der Waals surface area contributed by atoms with E-state index in [0.29, 0.717) is 41.4 Å². The number of imidazole rings is 1. The normalized spacial score (nSPS) is 10.9. The lowest BCUT2D eigenvalue weighted by atomic mass is 10.2. The first-order valence-corrected chi connectivity index (χ1v) is 23.3. The van der Waals surface area contributed by atoms with Crippen molar-refractivity contribution in [3.05, 3.63) is 102 Å². The zero-order valence-corrected chi connectivity index (χ0v) is 42.6. The molecule has 6 aromatic heterocycles. The zero-order chi connectivity index (χ0) is 54.0. The smallest absolute Gasteiger partial charge is 0.291 e. The van der Waals surface area contributed by atoms with Gasteiger partial charge in [-0.2, -0.15) is 0 Å². The van der Waals surface area contributed by atoms with Crippen LogP contribution in [0, 0.1) is 0 Å². The minimum Gasteiger partial charge on any atom is -0.351 e. The number of aromatic nitrogens is 7. The van der Waals surface area contributed by atoms with Gasteiger partial charge in [-0.25, -0.2) is 4.98 Å². The molecule has 6 rings (SSSR count). The van der Waals surface area contributed by atoms with Gasteiger partial charge < -0.3 is 80.2 Å². The molecule has 26 heteroatoms. The van der Waals surface area contributed by atoms with Gasteiger partial charge in [-0.15, -0.1) is 0 Å². The maximum absolute atomic E-state index is 13.4. The average molecular weight is 1020 g/mol. The van der Waals surface area contributed by atoms with Crippen molar-refractivity contribution in [1.29, 1.82) is 0 Å². The summed E-state index contributed by atoms with van der Waals surface area (Å²) in [4.78, 5) is 120. The molecule has 0 saturated heterocycles. The Morgan fingerprint density at radius 2 is 0.824 bits per heavy atom. The molecule has 0 saturated carbocycles. The number of aryl methyl sites for hydroxylation is 6. The Balaban J connectivity index is 0.921. The van der Waals surface area contributed by atoms with Gasteiger partial charge in [0.2, 0.25) is 23.5 Å². The SMILES string of the molecule is CC(=O)Nc1cn(C)c(C(=O)Nc2cc(C(=O)Nc3cc(C(=O)NCCCC(=O)Nc4cc(C(=O)Nc5cc(C(=O)Nc6cc(C(=O)NCCC(=O)NCC[NH+](C)C)n(C)c6)n(C)c5)n(C)c4)n(C)c3)n(C)c2)n1. The van der Waals surface area contributed by atoms with Crippen LogP contribution < -0.4 is 52.8 Å². The van der Waals surface area contributed by atoms with E-state index in [4.69, 9.17) is 0 Å². The summed E-state index contributed by atoms with van der Waals surface area (Å²) in [5.41, 5.74) is 2.92. The van der Waals surface area contributed by atoms with Crippen LogP contribution >= 0.6 is 0 Å². The number of likely N-dealkylation sites (N-methyl/N-ethyl adjacent to an activating group) is 1. The fourth-order valence-corrected chi connectivity index (χ4v) is 7.67. The van der Waals surface area contributed by atoms with E-state index in [-0.39, 0.29) is 83.8 Å². The maximum Gasteiger partial charge on any atom is 0.291 e. The van der Waals surface area contributed by atoms with Gasteiger partial charge in [-0.3, -0.25) is 43.2 Å². The van der Waals surface area contributed by atoms with E-state index in [2.05, 4.69) is 52.8 Å². The number of quaternary nitrogens is 1. The molecule has 9 amide bonds. The summed E-state index contributed by atoms with van der Waals surface area (Å²) < 4.78 is 9.16. The van der Waals surface area contributed by atoms with E-state index >= 15 is 0 Å². The number of carbonyl (C=O) groups excluding carboxylic acids is 9. The van der Waals surface area contributed by atoms with Crippen LogP contribution in [0.2, 0.25) is 0 Å². The highest BCUT2D eigenvalue weighted by Crippen LogP contribution is 2.22. The monoisotopic (exact) mass is 1020 g/mol. The largest absolute Gasteiger partial charge is 0.351 e. The molecule has 6 aromatic rings. The van der Waals surface area contributed by atoms with Crippen molar-refractivity contribution in [2.45, 2.75) is 26.2 Å².